The third-order valence-electron chi connectivity index (χ3n) is 1.85. The van der Waals surface area contributed by atoms with E-state index in [0.717, 1.165) is 16.3 Å². The maximum absolute atomic E-state index is 10.4. The largest absolute Gasteiger partial charge is 0.486 e. The first kappa shape index (κ1) is 9.00. The Bertz CT molecular complexity index is 307. The molecule has 0 saturated carbocycles. The van der Waals surface area contributed by atoms with Crippen LogP contribution in [0.4, 0.5) is 4.79 Å². The third kappa shape index (κ3) is 1.95. The van der Waals surface area contributed by atoms with E-state index in [2.05, 4.69) is 0 Å². The highest BCUT2D eigenvalue weighted by Gasteiger charge is 2.06. The molecule has 2 radical (unpaired) electrons. The molecular formula is C9H10O2Si. The summed E-state index contributed by atoms with van der Waals surface area (Å²) in [6, 6.07) is 5.76. The van der Waals surface area contributed by atoms with E-state index >= 15 is 0 Å². The van der Waals surface area contributed by atoms with Crippen molar-refractivity contribution in [2.75, 3.05) is 0 Å². The summed E-state index contributed by atoms with van der Waals surface area (Å²) in [5, 5.41) is 9.53. The minimum atomic E-state index is -0.747. The van der Waals surface area contributed by atoms with Crippen LogP contribution in [-0.2, 0) is 0 Å². The fourth-order valence-electron chi connectivity index (χ4n) is 1.00. The highest BCUT2D eigenvalue weighted by atomic mass is 28.2. The van der Waals surface area contributed by atoms with Gasteiger partial charge >= 0.3 is 0 Å². The standard InChI is InChI=1S/C9H10O2Si/c1-6-4-3-5-8(7(6)2)12-9(10)11/h3-5H,1-2H3,(H,10,11). The van der Waals surface area contributed by atoms with Gasteiger partial charge in [-0.05, 0) is 30.2 Å². The number of carbonyl (C=O) groups is 1. The summed E-state index contributed by atoms with van der Waals surface area (Å²) in [5.74, 6) is 0. The molecule has 62 valence electrons. The second-order valence-electron chi connectivity index (χ2n) is 2.68. The Morgan fingerprint density at radius 2 is 2.08 bits per heavy atom. The molecule has 0 spiro atoms. The van der Waals surface area contributed by atoms with Crippen molar-refractivity contribution in [3.8, 4) is 0 Å². The minimum Gasteiger partial charge on any atom is -0.486 e. The Kier molecular flexibility index (Phi) is 2.65. The molecule has 0 atom stereocenters. The van der Waals surface area contributed by atoms with Crippen molar-refractivity contribution in [2.45, 2.75) is 13.8 Å². The first-order chi connectivity index (χ1) is 5.61. The number of hydrogen-bond acceptors (Lipinski definition) is 1. The lowest BCUT2D eigenvalue weighted by molar-refractivity contribution is 0.220. The highest BCUT2D eigenvalue weighted by molar-refractivity contribution is 6.82. The van der Waals surface area contributed by atoms with Gasteiger partial charge < -0.3 is 5.11 Å². The van der Waals surface area contributed by atoms with E-state index < -0.39 is 5.59 Å². The molecule has 1 aromatic carbocycles. The molecule has 0 heterocycles. The number of aryl methyl sites for hydroxylation is 1. The lowest BCUT2D eigenvalue weighted by Crippen LogP contribution is -2.24. The van der Waals surface area contributed by atoms with Crippen molar-refractivity contribution in [1.82, 2.24) is 0 Å². The van der Waals surface area contributed by atoms with Crippen LogP contribution < -0.4 is 5.19 Å². The van der Waals surface area contributed by atoms with E-state index in [9.17, 15) is 4.79 Å². The van der Waals surface area contributed by atoms with Gasteiger partial charge in [-0.1, -0.05) is 18.2 Å². The molecule has 3 heteroatoms. The van der Waals surface area contributed by atoms with Crippen LogP contribution in [0.15, 0.2) is 18.2 Å². The van der Waals surface area contributed by atoms with Crippen molar-refractivity contribution in [3.05, 3.63) is 29.3 Å². The van der Waals surface area contributed by atoms with Crippen LogP contribution in [0.3, 0.4) is 0 Å². The zero-order valence-electron chi connectivity index (χ0n) is 7.09. The second-order valence-corrected chi connectivity index (χ2v) is 3.89. The molecule has 0 amide bonds. The average Bonchev–Trinajstić information content (AvgIpc) is 1.98. The maximum atomic E-state index is 10.4. The summed E-state index contributed by atoms with van der Waals surface area (Å²) in [4.78, 5) is 10.4. The van der Waals surface area contributed by atoms with Crippen LogP contribution in [0, 0.1) is 13.8 Å². The average molecular weight is 178 g/mol. The van der Waals surface area contributed by atoms with Gasteiger partial charge in [0.25, 0.3) is 5.59 Å². The predicted octanol–water partition coefficient (Wildman–Crippen LogP) is 1.31. The molecule has 0 unspecified atom stereocenters. The van der Waals surface area contributed by atoms with Gasteiger partial charge in [-0.15, -0.1) is 0 Å². The van der Waals surface area contributed by atoms with Gasteiger partial charge in [0.05, 0.1) is 0 Å². The predicted molar refractivity (Wildman–Crippen MR) is 49.3 cm³/mol. The van der Waals surface area contributed by atoms with Gasteiger partial charge in [-0.2, -0.15) is 0 Å². The molecule has 0 saturated heterocycles. The summed E-state index contributed by atoms with van der Waals surface area (Å²) < 4.78 is 0. The Morgan fingerprint density at radius 3 is 2.67 bits per heavy atom. The molecule has 0 aliphatic carbocycles. The summed E-state index contributed by atoms with van der Waals surface area (Å²) >= 11 is 0. The molecule has 1 N–H and O–H groups in total. The fraction of sp³-hybridized carbons (Fsp3) is 0.222. The molecule has 0 fully saturated rings. The summed E-state index contributed by atoms with van der Waals surface area (Å²) in [5.41, 5.74) is 1.50. The summed E-state index contributed by atoms with van der Waals surface area (Å²) in [7, 11) is -0.127. The van der Waals surface area contributed by atoms with Crippen LogP contribution >= 0.6 is 0 Å². The van der Waals surface area contributed by atoms with Gasteiger partial charge in [-0.25, -0.2) is 0 Å². The SMILES string of the molecule is Cc1cccc([Si]C(=O)O)c1C. The van der Waals surface area contributed by atoms with Gasteiger partial charge in [0.15, 0.2) is 0 Å². The van der Waals surface area contributed by atoms with Crippen LogP contribution in [0.25, 0.3) is 0 Å². The molecular weight excluding hydrogens is 168 g/mol. The molecule has 2 nitrogen and oxygen atoms in total. The first-order valence-electron chi connectivity index (χ1n) is 3.67. The topological polar surface area (TPSA) is 37.3 Å². The Morgan fingerprint density at radius 1 is 1.42 bits per heavy atom. The van der Waals surface area contributed by atoms with E-state index in [1.807, 2.05) is 32.0 Å². The maximum Gasteiger partial charge on any atom is 0.271 e. The Balaban J connectivity index is 3.00. The quantitative estimate of drug-likeness (QED) is 0.693. The zero-order chi connectivity index (χ0) is 9.14. The smallest absolute Gasteiger partial charge is 0.271 e. The highest BCUT2D eigenvalue weighted by Crippen LogP contribution is 2.01. The Hall–Kier alpha value is -1.09. The lowest BCUT2D eigenvalue weighted by atomic mass is 10.1. The summed E-state index contributed by atoms with van der Waals surface area (Å²) in [6.45, 7) is 3.95. The van der Waals surface area contributed by atoms with Crippen LogP contribution in [0.2, 0.25) is 0 Å². The van der Waals surface area contributed by atoms with Crippen molar-refractivity contribution in [3.63, 3.8) is 0 Å². The molecule has 1 rings (SSSR count). The molecule has 0 aliphatic rings. The van der Waals surface area contributed by atoms with Crippen molar-refractivity contribution >= 4 is 20.3 Å². The van der Waals surface area contributed by atoms with Crippen LogP contribution in [-0.4, -0.2) is 20.2 Å². The van der Waals surface area contributed by atoms with Crippen molar-refractivity contribution in [1.29, 1.82) is 0 Å². The molecule has 0 bridgehead atoms. The zero-order valence-corrected chi connectivity index (χ0v) is 8.09. The number of carboxylic acid groups (broad SMARTS) is 1. The van der Waals surface area contributed by atoms with E-state index in [-0.39, 0.29) is 9.52 Å². The number of hydrogen-bond donors (Lipinski definition) is 1. The molecule has 0 aromatic heterocycles. The van der Waals surface area contributed by atoms with Crippen molar-refractivity contribution in [2.24, 2.45) is 0 Å². The van der Waals surface area contributed by atoms with E-state index in [4.69, 9.17) is 5.11 Å². The Labute approximate surface area is 74.1 Å². The van der Waals surface area contributed by atoms with Gasteiger partial charge in [0.1, 0.15) is 0 Å². The second kappa shape index (κ2) is 3.54. The fourth-order valence-corrected chi connectivity index (χ4v) is 1.80. The van der Waals surface area contributed by atoms with Gasteiger partial charge in [-0.3, -0.25) is 4.79 Å². The molecule has 0 aliphatic heterocycles. The number of rotatable bonds is 2. The van der Waals surface area contributed by atoms with Crippen LogP contribution in [0.1, 0.15) is 11.1 Å². The normalized spacial score (nSPS) is 9.83. The van der Waals surface area contributed by atoms with Gasteiger partial charge in [0, 0.05) is 0 Å². The van der Waals surface area contributed by atoms with E-state index in [1.54, 1.807) is 0 Å². The first-order valence-corrected chi connectivity index (χ1v) is 4.67. The van der Waals surface area contributed by atoms with Gasteiger partial charge in [0.2, 0.25) is 9.52 Å². The van der Waals surface area contributed by atoms with E-state index in [0.29, 0.717) is 0 Å². The molecule has 12 heavy (non-hydrogen) atoms. The minimum absolute atomic E-state index is 0.127. The third-order valence-corrected chi connectivity index (χ3v) is 2.87. The van der Waals surface area contributed by atoms with Crippen molar-refractivity contribution < 1.29 is 9.90 Å². The summed E-state index contributed by atoms with van der Waals surface area (Å²) in [6.07, 6.45) is 0. The van der Waals surface area contributed by atoms with E-state index in [1.165, 1.54) is 0 Å². The number of benzene rings is 1. The van der Waals surface area contributed by atoms with Crippen LogP contribution in [0.5, 0.6) is 0 Å². The lowest BCUT2D eigenvalue weighted by Gasteiger charge is -2.04. The molecule has 1 aromatic rings. The monoisotopic (exact) mass is 178 g/mol.